The molecule has 0 saturated heterocycles. The Kier molecular flexibility index (Phi) is 3.84. The van der Waals surface area contributed by atoms with Gasteiger partial charge in [-0.05, 0) is 0 Å². The van der Waals surface area contributed by atoms with Crippen LogP contribution in [0.3, 0.4) is 0 Å². The summed E-state index contributed by atoms with van der Waals surface area (Å²) in [6.07, 6.45) is 2.23. The molecule has 0 aliphatic carbocycles. The van der Waals surface area contributed by atoms with Crippen LogP contribution in [0, 0.1) is 0 Å². The Morgan fingerprint density at radius 2 is 2.38 bits per heavy atom. The van der Waals surface area contributed by atoms with Gasteiger partial charge >= 0.3 is 0 Å². The Hall–Kier alpha value is -0.860. The van der Waals surface area contributed by atoms with Crippen molar-refractivity contribution >= 4 is 12.2 Å². The quantitative estimate of drug-likeness (QED) is 0.409. The molecule has 3 heteroatoms. The van der Waals surface area contributed by atoms with E-state index in [9.17, 15) is 0 Å². The van der Waals surface area contributed by atoms with Gasteiger partial charge in [0, 0.05) is 13.5 Å². The monoisotopic (exact) mass is 113 g/mol. The molecule has 0 rings (SSSR count). The Morgan fingerprint density at radius 3 is 2.75 bits per heavy atom. The van der Waals surface area contributed by atoms with Crippen molar-refractivity contribution in [2.75, 3.05) is 7.05 Å². The molecule has 0 saturated carbocycles. The van der Waals surface area contributed by atoms with Crippen LogP contribution in [0.1, 0.15) is 13.3 Å². The summed E-state index contributed by atoms with van der Waals surface area (Å²) in [7, 11) is 1.66. The molecule has 0 aliphatic rings. The molecule has 8 heavy (non-hydrogen) atoms. The molecule has 0 radical (unpaired) electrons. The molecule has 0 bridgehead atoms. The Morgan fingerprint density at radius 1 is 1.75 bits per heavy atom. The first-order valence-electron chi connectivity index (χ1n) is 2.54. The van der Waals surface area contributed by atoms with Crippen molar-refractivity contribution in [3.8, 4) is 0 Å². The van der Waals surface area contributed by atoms with E-state index in [2.05, 4.69) is 9.98 Å². The minimum absolute atomic E-state index is 0.621. The van der Waals surface area contributed by atoms with Crippen LogP contribution in [-0.2, 0) is 0 Å². The molecule has 46 valence electrons. The van der Waals surface area contributed by atoms with Crippen molar-refractivity contribution in [2.24, 2.45) is 15.7 Å². The normalized spacial score (nSPS) is 13.0. The number of amidine groups is 1. The van der Waals surface area contributed by atoms with Crippen LogP contribution in [0.15, 0.2) is 9.98 Å². The number of hydrogen-bond acceptors (Lipinski definition) is 1. The van der Waals surface area contributed by atoms with E-state index in [-0.39, 0.29) is 0 Å². The van der Waals surface area contributed by atoms with Crippen LogP contribution in [-0.4, -0.2) is 19.2 Å². The Bertz CT molecular complexity index is 104. The molecule has 0 aromatic heterocycles. The van der Waals surface area contributed by atoms with E-state index in [1.807, 2.05) is 6.92 Å². The fourth-order valence-corrected chi connectivity index (χ4v) is 0.223. The minimum Gasteiger partial charge on any atom is -0.387 e. The van der Waals surface area contributed by atoms with Gasteiger partial charge in [0.2, 0.25) is 0 Å². The molecule has 2 N–H and O–H groups in total. The van der Waals surface area contributed by atoms with Gasteiger partial charge in [-0.25, -0.2) is 4.99 Å². The fraction of sp³-hybridized carbons (Fsp3) is 0.600. The summed E-state index contributed by atoms with van der Waals surface area (Å²) < 4.78 is 0. The second-order valence-corrected chi connectivity index (χ2v) is 1.35. The first kappa shape index (κ1) is 7.14. The summed E-state index contributed by atoms with van der Waals surface area (Å²) in [5.74, 6) is 0.621. The van der Waals surface area contributed by atoms with Crippen LogP contribution in [0.2, 0.25) is 0 Å². The van der Waals surface area contributed by atoms with Crippen molar-refractivity contribution in [3.05, 3.63) is 0 Å². The second-order valence-electron chi connectivity index (χ2n) is 1.35. The van der Waals surface area contributed by atoms with Crippen molar-refractivity contribution < 1.29 is 0 Å². The molecule has 0 aliphatic heterocycles. The lowest BCUT2D eigenvalue weighted by Crippen LogP contribution is -2.09. The van der Waals surface area contributed by atoms with Crippen LogP contribution in [0.5, 0.6) is 0 Å². The van der Waals surface area contributed by atoms with Gasteiger partial charge in [-0.3, -0.25) is 4.99 Å². The predicted octanol–water partition coefficient (Wildman–Crippen LogP) is 0.412. The smallest absolute Gasteiger partial charge is 0.111 e. The van der Waals surface area contributed by atoms with Gasteiger partial charge in [-0.2, -0.15) is 0 Å². The van der Waals surface area contributed by atoms with E-state index in [1.54, 1.807) is 7.05 Å². The van der Waals surface area contributed by atoms with Crippen molar-refractivity contribution in [1.82, 2.24) is 0 Å². The lowest BCUT2D eigenvalue weighted by Gasteiger charge is -1.86. The fourth-order valence-electron chi connectivity index (χ4n) is 0.223. The van der Waals surface area contributed by atoms with E-state index >= 15 is 0 Å². The van der Waals surface area contributed by atoms with Gasteiger partial charge in [0.25, 0.3) is 0 Å². The zero-order valence-electron chi connectivity index (χ0n) is 5.26. The maximum Gasteiger partial charge on any atom is 0.111 e. The average Bonchev–Trinajstić information content (AvgIpc) is 1.83. The summed E-state index contributed by atoms with van der Waals surface area (Å²) in [5.41, 5.74) is 5.32. The SMILES string of the molecule is CC/C(N)=N\C=N\C. The predicted molar refractivity (Wildman–Crippen MR) is 36.3 cm³/mol. The summed E-state index contributed by atoms with van der Waals surface area (Å²) in [5, 5.41) is 0. The van der Waals surface area contributed by atoms with E-state index < -0.39 is 0 Å². The van der Waals surface area contributed by atoms with Crippen LogP contribution in [0.25, 0.3) is 0 Å². The standard InChI is InChI=1S/C5H11N3/c1-3-5(6)8-4-7-2/h4H,3H2,1-2H3,(H2,6,7,8). The maximum atomic E-state index is 5.32. The number of rotatable bonds is 2. The highest BCUT2D eigenvalue weighted by atomic mass is 14.9. The molecule has 0 unspecified atom stereocenters. The molecular formula is C5H11N3. The van der Waals surface area contributed by atoms with E-state index in [4.69, 9.17) is 5.73 Å². The van der Waals surface area contributed by atoms with E-state index in [0.717, 1.165) is 6.42 Å². The third kappa shape index (κ3) is 3.33. The third-order valence-electron chi connectivity index (χ3n) is 0.701. The lowest BCUT2D eigenvalue weighted by molar-refractivity contribution is 1.25. The zero-order chi connectivity index (χ0) is 6.41. The molecule has 0 spiro atoms. The average molecular weight is 113 g/mol. The van der Waals surface area contributed by atoms with Gasteiger partial charge in [-0.1, -0.05) is 6.92 Å². The van der Waals surface area contributed by atoms with Gasteiger partial charge in [0.15, 0.2) is 0 Å². The molecule has 0 fully saturated rings. The summed E-state index contributed by atoms with van der Waals surface area (Å²) in [6.45, 7) is 1.95. The molecule has 0 aromatic carbocycles. The van der Waals surface area contributed by atoms with Crippen molar-refractivity contribution in [2.45, 2.75) is 13.3 Å². The molecular weight excluding hydrogens is 102 g/mol. The highest BCUT2D eigenvalue weighted by Crippen LogP contribution is 1.72. The van der Waals surface area contributed by atoms with Crippen molar-refractivity contribution in [1.29, 1.82) is 0 Å². The first-order chi connectivity index (χ1) is 3.81. The number of hydrogen-bond donors (Lipinski definition) is 1. The highest BCUT2D eigenvalue weighted by molar-refractivity contribution is 5.86. The van der Waals surface area contributed by atoms with Gasteiger partial charge in [0.05, 0.1) is 0 Å². The number of nitrogens with two attached hydrogens (primary N) is 1. The first-order valence-corrected chi connectivity index (χ1v) is 2.54. The second kappa shape index (κ2) is 4.30. The minimum atomic E-state index is 0.621. The van der Waals surface area contributed by atoms with Gasteiger partial charge in [-0.15, -0.1) is 0 Å². The zero-order valence-corrected chi connectivity index (χ0v) is 5.26. The van der Waals surface area contributed by atoms with Crippen LogP contribution < -0.4 is 5.73 Å². The van der Waals surface area contributed by atoms with Gasteiger partial charge < -0.3 is 5.73 Å². The van der Waals surface area contributed by atoms with E-state index in [0.29, 0.717) is 5.84 Å². The summed E-state index contributed by atoms with van der Waals surface area (Å²) in [6, 6.07) is 0. The number of aliphatic imine (C=N–C) groups is 2. The molecule has 3 nitrogen and oxygen atoms in total. The van der Waals surface area contributed by atoms with Crippen molar-refractivity contribution in [3.63, 3.8) is 0 Å². The van der Waals surface area contributed by atoms with Crippen LogP contribution in [0.4, 0.5) is 0 Å². The lowest BCUT2D eigenvalue weighted by atomic mass is 10.5. The maximum absolute atomic E-state index is 5.32. The number of nitrogens with zero attached hydrogens (tertiary/aromatic N) is 2. The summed E-state index contributed by atoms with van der Waals surface area (Å²) >= 11 is 0. The molecule has 0 atom stereocenters. The summed E-state index contributed by atoms with van der Waals surface area (Å²) in [4.78, 5) is 7.40. The molecule has 0 aromatic rings. The Balaban J connectivity index is 3.57. The van der Waals surface area contributed by atoms with E-state index in [1.165, 1.54) is 6.34 Å². The molecule has 0 amide bonds. The molecule has 0 heterocycles. The third-order valence-corrected chi connectivity index (χ3v) is 0.701. The Labute approximate surface area is 49.3 Å². The largest absolute Gasteiger partial charge is 0.387 e. The topological polar surface area (TPSA) is 50.7 Å². The van der Waals surface area contributed by atoms with Crippen LogP contribution >= 0.6 is 0 Å². The highest BCUT2D eigenvalue weighted by Gasteiger charge is 1.78. The van der Waals surface area contributed by atoms with Gasteiger partial charge in [0.1, 0.15) is 12.2 Å².